The summed E-state index contributed by atoms with van der Waals surface area (Å²) in [7, 11) is 1.79. The SMILES string of the molecule is CN1C(=O)C[C@@H](CNC(=O)c2cccc(C#N)c2)[C@@H]1c1cnn(Cc2ccccc2)c1. The van der Waals surface area contributed by atoms with E-state index in [1.165, 1.54) is 0 Å². The molecule has 2 atom stereocenters. The van der Waals surface area contributed by atoms with E-state index in [2.05, 4.69) is 10.4 Å². The van der Waals surface area contributed by atoms with Crippen LogP contribution in [0, 0.1) is 17.2 Å². The Hall–Kier alpha value is -3.92. The molecule has 7 heteroatoms. The summed E-state index contributed by atoms with van der Waals surface area (Å²) < 4.78 is 1.87. The molecule has 156 valence electrons. The van der Waals surface area contributed by atoms with Gasteiger partial charge in [0.2, 0.25) is 5.91 Å². The van der Waals surface area contributed by atoms with E-state index in [-0.39, 0.29) is 23.8 Å². The van der Waals surface area contributed by atoms with Crippen LogP contribution in [0.1, 0.15) is 39.5 Å². The Morgan fingerprint density at radius 1 is 1.23 bits per heavy atom. The summed E-state index contributed by atoms with van der Waals surface area (Å²) in [5.41, 5.74) is 2.97. The molecule has 1 saturated heterocycles. The lowest BCUT2D eigenvalue weighted by atomic mass is 9.95. The third kappa shape index (κ3) is 4.48. The highest BCUT2D eigenvalue weighted by Gasteiger charge is 2.39. The second-order valence-electron chi connectivity index (χ2n) is 7.77. The number of rotatable bonds is 6. The fraction of sp³-hybridized carbons (Fsp3) is 0.250. The van der Waals surface area contributed by atoms with Crippen molar-refractivity contribution < 1.29 is 9.59 Å². The molecule has 2 amide bonds. The van der Waals surface area contributed by atoms with Gasteiger partial charge in [-0.3, -0.25) is 14.3 Å². The Morgan fingerprint density at radius 2 is 2.03 bits per heavy atom. The van der Waals surface area contributed by atoms with Gasteiger partial charge in [0.1, 0.15) is 0 Å². The summed E-state index contributed by atoms with van der Waals surface area (Å²) in [4.78, 5) is 26.7. The molecule has 31 heavy (non-hydrogen) atoms. The number of likely N-dealkylation sites (tertiary alicyclic amines) is 1. The van der Waals surface area contributed by atoms with Crippen molar-refractivity contribution in [1.29, 1.82) is 5.26 Å². The van der Waals surface area contributed by atoms with Gasteiger partial charge in [-0.05, 0) is 23.8 Å². The van der Waals surface area contributed by atoms with Crippen molar-refractivity contribution in [2.45, 2.75) is 19.0 Å². The van der Waals surface area contributed by atoms with Crippen LogP contribution < -0.4 is 5.32 Å². The Kier molecular flexibility index (Phi) is 5.80. The minimum atomic E-state index is -0.252. The fourth-order valence-electron chi connectivity index (χ4n) is 4.08. The van der Waals surface area contributed by atoms with Gasteiger partial charge in [-0.2, -0.15) is 10.4 Å². The van der Waals surface area contributed by atoms with Crippen LogP contribution in [0.2, 0.25) is 0 Å². The smallest absolute Gasteiger partial charge is 0.251 e. The minimum Gasteiger partial charge on any atom is -0.352 e. The average molecular weight is 413 g/mol. The number of nitriles is 1. The van der Waals surface area contributed by atoms with Crippen molar-refractivity contribution in [2.24, 2.45) is 5.92 Å². The number of hydrogen-bond acceptors (Lipinski definition) is 4. The molecule has 3 aromatic rings. The van der Waals surface area contributed by atoms with E-state index >= 15 is 0 Å². The predicted octanol–water partition coefficient (Wildman–Crippen LogP) is 2.75. The van der Waals surface area contributed by atoms with Gasteiger partial charge in [-0.15, -0.1) is 0 Å². The first-order valence-electron chi connectivity index (χ1n) is 10.2. The van der Waals surface area contributed by atoms with Gasteiger partial charge in [0.25, 0.3) is 5.91 Å². The van der Waals surface area contributed by atoms with Crippen LogP contribution in [0.3, 0.4) is 0 Å². The van der Waals surface area contributed by atoms with Gasteiger partial charge in [-0.1, -0.05) is 36.4 Å². The Balaban J connectivity index is 1.46. The van der Waals surface area contributed by atoms with Crippen molar-refractivity contribution >= 4 is 11.8 Å². The molecule has 1 aromatic heterocycles. The monoisotopic (exact) mass is 413 g/mol. The average Bonchev–Trinajstić information content (AvgIpc) is 3.36. The van der Waals surface area contributed by atoms with Crippen molar-refractivity contribution in [1.82, 2.24) is 20.0 Å². The van der Waals surface area contributed by atoms with Gasteiger partial charge in [0.15, 0.2) is 0 Å². The molecule has 1 aliphatic heterocycles. The van der Waals surface area contributed by atoms with Crippen LogP contribution in [0.25, 0.3) is 0 Å². The van der Waals surface area contributed by atoms with E-state index in [1.807, 2.05) is 47.3 Å². The standard InChI is InChI=1S/C24H23N5O2/c1-28-22(30)11-20(13-26-24(31)19-9-5-8-18(10-19)12-25)23(28)21-14-27-29(16-21)15-17-6-3-2-4-7-17/h2-10,14,16,20,23H,11,13,15H2,1H3,(H,26,31)/t20-,23+/m0/s1. The molecular weight excluding hydrogens is 390 g/mol. The van der Waals surface area contributed by atoms with Crippen molar-refractivity contribution in [3.63, 3.8) is 0 Å². The van der Waals surface area contributed by atoms with E-state index in [4.69, 9.17) is 5.26 Å². The number of nitrogens with zero attached hydrogens (tertiary/aromatic N) is 4. The highest BCUT2D eigenvalue weighted by Crippen LogP contribution is 2.36. The van der Waals surface area contributed by atoms with Crippen LogP contribution in [-0.2, 0) is 11.3 Å². The van der Waals surface area contributed by atoms with Crippen molar-refractivity contribution in [2.75, 3.05) is 13.6 Å². The van der Waals surface area contributed by atoms with E-state index < -0.39 is 0 Å². The zero-order chi connectivity index (χ0) is 21.8. The number of aromatic nitrogens is 2. The molecule has 4 rings (SSSR count). The summed E-state index contributed by atoms with van der Waals surface area (Å²) in [6.07, 6.45) is 4.13. The molecule has 0 unspecified atom stereocenters. The van der Waals surface area contributed by atoms with E-state index in [9.17, 15) is 9.59 Å². The van der Waals surface area contributed by atoms with Crippen LogP contribution in [-0.4, -0.2) is 40.1 Å². The number of hydrogen-bond donors (Lipinski definition) is 1. The van der Waals surface area contributed by atoms with Crippen molar-refractivity contribution in [3.05, 3.63) is 89.2 Å². The number of carbonyl (C=O) groups is 2. The lowest BCUT2D eigenvalue weighted by Crippen LogP contribution is -2.32. The molecule has 1 aliphatic rings. The first kappa shape index (κ1) is 20.4. The molecule has 0 aliphatic carbocycles. The van der Waals surface area contributed by atoms with E-state index in [0.29, 0.717) is 30.6 Å². The number of amides is 2. The van der Waals surface area contributed by atoms with E-state index in [0.717, 1.165) is 11.1 Å². The largest absolute Gasteiger partial charge is 0.352 e. The molecule has 0 radical (unpaired) electrons. The third-order valence-corrected chi connectivity index (χ3v) is 5.65. The van der Waals surface area contributed by atoms with Gasteiger partial charge in [-0.25, -0.2) is 0 Å². The summed E-state index contributed by atoms with van der Waals surface area (Å²) in [6, 6.07) is 18.5. The first-order valence-corrected chi connectivity index (χ1v) is 10.2. The molecule has 0 saturated carbocycles. The zero-order valence-electron chi connectivity index (χ0n) is 17.2. The Bertz CT molecular complexity index is 1130. The van der Waals surface area contributed by atoms with Gasteiger partial charge in [0.05, 0.1) is 30.4 Å². The quantitative estimate of drug-likeness (QED) is 0.673. The maximum atomic E-state index is 12.5. The van der Waals surface area contributed by atoms with Crippen LogP contribution in [0.15, 0.2) is 67.0 Å². The Morgan fingerprint density at radius 3 is 2.81 bits per heavy atom. The molecule has 2 heterocycles. The molecule has 2 aromatic carbocycles. The third-order valence-electron chi connectivity index (χ3n) is 5.65. The molecular formula is C24H23N5O2. The summed E-state index contributed by atoms with van der Waals surface area (Å²) >= 11 is 0. The normalized spacial score (nSPS) is 18.1. The van der Waals surface area contributed by atoms with Gasteiger partial charge < -0.3 is 10.2 Å². The maximum Gasteiger partial charge on any atom is 0.251 e. The Labute approximate surface area is 180 Å². The second kappa shape index (κ2) is 8.84. The second-order valence-corrected chi connectivity index (χ2v) is 7.77. The number of carbonyl (C=O) groups excluding carboxylic acids is 2. The van der Waals surface area contributed by atoms with Gasteiger partial charge in [0, 0.05) is 43.3 Å². The highest BCUT2D eigenvalue weighted by molar-refractivity contribution is 5.94. The molecule has 1 fully saturated rings. The summed E-state index contributed by atoms with van der Waals surface area (Å²) in [6.45, 7) is 1.02. The van der Waals surface area contributed by atoms with Crippen LogP contribution in [0.4, 0.5) is 0 Å². The van der Waals surface area contributed by atoms with Crippen LogP contribution in [0.5, 0.6) is 0 Å². The first-order chi connectivity index (χ1) is 15.0. The lowest BCUT2D eigenvalue weighted by Gasteiger charge is -2.24. The highest BCUT2D eigenvalue weighted by atomic mass is 16.2. The van der Waals surface area contributed by atoms with Crippen molar-refractivity contribution in [3.8, 4) is 6.07 Å². The predicted molar refractivity (Wildman–Crippen MR) is 115 cm³/mol. The van der Waals surface area contributed by atoms with Crippen LogP contribution >= 0.6 is 0 Å². The minimum absolute atomic E-state index is 0.0477. The van der Waals surface area contributed by atoms with Gasteiger partial charge >= 0.3 is 0 Å². The summed E-state index contributed by atoms with van der Waals surface area (Å²) in [5.74, 6) is -0.265. The topological polar surface area (TPSA) is 91.0 Å². The molecule has 1 N–H and O–H groups in total. The van der Waals surface area contributed by atoms with E-state index in [1.54, 1.807) is 42.4 Å². The maximum absolute atomic E-state index is 12.5. The number of benzene rings is 2. The molecule has 0 bridgehead atoms. The molecule has 0 spiro atoms. The fourth-order valence-corrected chi connectivity index (χ4v) is 4.08. The summed E-state index contributed by atoms with van der Waals surface area (Å²) in [5, 5.41) is 16.4. The lowest BCUT2D eigenvalue weighted by molar-refractivity contribution is -0.127. The molecule has 7 nitrogen and oxygen atoms in total. The number of nitrogens with one attached hydrogen (secondary N) is 1. The zero-order valence-corrected chi connectivity index (χ0v) is 17.2.